The minimum absolute atomic E-state index is 0.210. The first-order valence-electron chi connectivity index (χ1n) is 6.72. The van der Waals surface area contributed by atoms with Gasteiger partial charge < -0.3 is 10.7 Å². The molecular formula is C13H19N7O. The Hall–Kier alpha value is -2.48. The number of hydrazine groups is 1. The monoisotopic (exact) mass is 289 g/mol. The number of rotatable bonds is 6. The molecule has 1 amide bonds. The van der Waals surface area contributed by atoms with E-state index < -0.39 is 0 Å². The summed E-state index contributed by atoms with van der Waals surface area (Å²) in [5.41, 5.74) is 3.82. The van der Waals surface area contributed by atoms with Crippen LogP contribution in [0.3, 0.4) is 0 Å². The Labute approximate surface area is 122 Å². The van der Waals surface area contributed by atoms with E-state index in [9.17, 15) is 4.79 Å². The Bertz CT molecular complexity index is 623. The average molecular weight is 289 g/mol. The van der Waals surface area contributed by atoms with Gasteiger partial charge in [-0.2, -0.15) is 5.10 Å². The number of carbonyl (C=O) groups is 1. The van der Waals surface area contributed by atoms with E-state index >= 15 is 0 Å². The lowest BCUT2D eigenvalue weighted by Gasteiger charge is -2.08. The molecule has 0 bridgehead atoms. The smallest absolute Gasteiger partial charge is 0.251 e. The van der Waals surface area contributed by atoms with E-state index in [0.717, 1.165) is 18.5 Å². The summed E-state index contributed by atoms with van der Waals surface area (Å²) in [4.78, 5) is 20.5. The molecule has 0 aliphatic carbocycles. The molecule has 21 heavy (non-hydrogen) atoms. The lowest BCUT2D eigenvalue weighted by atomic mass is 10.1. The molecule has 0 aliphatic heterocycles. The van der Waals surface area contributed by atoms with Crippen LogP contribution in [0.25, 0.3) is 0 Å². The third-order valence-electron chi connectivity index (χ3n) is 2.85. The zero-order valence-corrected chi connectivity index (χ0v) is 12.1. The summed E-state index contributed by atoms with van der Waals surface area (Å²) >= 11 is 0. The van der Waals surface area contributed by atoms with Gasteiger partial charge in [-0.3, -0.25) is 9.48 Å². The van der Waals surface area contributed by atoms with Gasteiger partial charge in [-0.15, -0.1) is 0 Å². The fourth-order valence-corrected chi connectivity index (χ4v) is 1.90. The molecule has 2 heterocycles. The number of nitrogens with one attached hydrogen (secondary N) is 2. The summed E-state index contributed by atoms with van der Waals surface area (Å²) in [6, 6.07) is 3.38. The van der Waals surface area contributed by atoms with Crippen molar-refractivity contribution in [2.75, 3.05) is 5.43 Å². The Morgan fingerprint density at radius 2 is 2.24 bits per heavy atom. The maximum absolute atomic E-state index is 12.2. The van der Waals surface area contributed by atoms with E-state index in [1.54, 1.807) is 30.2 Å². The first-order chi connectivity index (χ1) is 10.1. The number of nitrogen functional groups attached to an aromatic ring is 1. The SMILES string of the molecule is CCCc1cc(C(=O)NCc2ncn(C)n2)cc(NN)n1. The van der Waals surface area contributed by atoms with Crippen LogP contribution in [0.1, 0.15) is 35.2 Å². The summed E-state index contributed by atoms with van der Waals surface area (Å²) in [5.74, 6) is 6.21. The second-order valence-electron chi connectivity index (χ2n) is 4.64. The molecule has 0 aliphatic rings. The van der Waals surface area contributed by atoms with Crippen molar-refractivity contribution >= 4 is 11.7 Å². The second-order valence-corrected chi connectivity index (χ2v) is 4.64. The lowest BCUT2D eigenvalue weighted by Crippen LogP contribution is -2.24. The summed E-state index contributed by atoms with van der Waals surface area (Å²) < 4.78 is 1.59. The van der Waals surface area contributed by atoms with Crippen molar-refractivity contribution in [3.8, 4) is 0 Å². The van der Waals surface area contributed by atoms with Gasteiger partial charge in [-0.25, -0.2) is 15.8 Å². The summed E-state index contributed by atoms with van der Waals surface area (Å²) in [5, 5.41) is 6.88. The van der Waals surface area contributed by atoms with Crippen LogP contribution in [-0.4, -0.2) is 25.7 Å². The Morgan fingerprint density at radius 3 is 2.86 bits per heavy atom. The van der Waals surface area contributed by atoms with Crippen molar-refractivity contribution in [1.82, 2.24) is 25.1 Å². The highest BCUT2D eigenvalue weighted by molar-refractivity contribution is 5.94. The van der Waals surface area contributed by atoms with Crippen molar-refractivity contribution in [1.29, 1.82) is 0 Å². The minimum Gasteiger partial charge on any atom is -0.345 e. The quantitative estimate of drug-likeness (QED) is 0.523. The van der Waals surface area contributed by atoms with Gasteiger partial charge >= 0.3 is 0 Å². The standard InChI is InChI=1S/C13H19N7O/c1-3-4-10-5-9(6-11(17-10)18-14)13(21)15-7-12-16-8-20(2)19-12/h5-6,8H,3-4,7,14H2,1-2H3,(H,15,21)(H,17,18). The molecule has 0 atom stereocenters. The van der Waals surface area contributed by atoms with Crippen molar-refractivity contribution in [3.05, 3.63) is 35.5 Å². The molecule has 0 saturated heterocycles. The molecule has 2 rings (SSSR count). The predicted molar refractivity (Wildman–Crippen MR) is 78.2 cm³/mol. The van der Waals surface area contributed by atoms with Gasteiger partial charge in [0.15, 0.2) is 5.82 Å². The highest BCUT2D eigenvalue weighted by Crippen LogP contribution is 2.11. The zero-order chi connectivity index (χ0) is 15.2. The summed E-state index contributed by atoms with van der Waals surface area (Å²) in [7, 11) is 1.78. The van der Waals surface area contributed by atoms with E-state index in [0.29, 0.717) is 17.2 Å². The molecule has 8 nitrogen and oxygen atoms in total. The zero-order valence-electron chi connectivity index (χ0n) is 12.1. The third kappa shape index (κ3) is 3.99. The molecule has 2 aromatic heterocycles. The number of pyridine rings is 1. The van der Waals surface area contributed by atoms with Crippen molar-refractivity contribution in [3.63, 3.8) is 0 Å². The van der Waals surface area contributed by atoms with Crippen LogP contribution >= 0.6 is 0 Å². The average Bonchev–Trinajstić information content (AvgIpc) is 2.90. The fourth-order valence-electron chi connectivity index (χ4n) is 1.90. The Morgan fingerprint density at radius 1 is 1.43 bits per heavy atom. The molecule has 0 radical (unpaired) electrons. The van der Waals surface area contributed by atoms with Crippen LogP contribution < -0.4 is 16.6 Å². The van der Waals surface area contributed by atoms with Crippen LogP contribution in [-0.2, 0) is 20.0 Å². The number of amides is 1. The Kier molecular flexibility index (Phi) is 4.83. The lowest BCUT2D eigenvalue weighted by molar-refractivity contribution is 0.0949. The van der Waals surface area contributed by atoms with Gasteiger partial charge in [0.2, 0.25) is 0 Å². The fraction of sp³-hybridized carbons (Fsp3) is 0.385. The number of carbonyl (C=O) groups excluding carboxylic acids is 1. The van der Waals surface area contributed by atoms with E-state index in [2.05, 4.69) is 32.7 Å². The Balaban J connectivity index is 2.08. The number of hydrogen-bond acceptors (Lipinski definition) is 6. The molecule has 0 spiro atoms. The number of aromatic nitrogens is 4. The molecule has 0 aromatic carbocycles. The number of nitrogens with two attached hydrogens (primary N) is 1. The highest BCUT2D eigenvalue weighted by atomic mass is 16.1. The molecular weight excluding hydrogens is 270 g/mol. The van der Waals surface area contributed by atoms with Crippen LogP contribution in [0.4, 0.5) is 5.82 Å². The molecule has 0 saturated carbocycles. The maximum atomic E-state index is 12.2. The summed E-state index contributed by atoms with van der Waals surface area (Å²) in [6.07, 6.45) is 3.32. The van der Waals surface area contributed by atoms with Crippen molar-refractivity contribution in [2.45, 2.75) is 26.3 Å². The van der Waals surface area contributed by atoms with Crippen LogP contribution in [0.15, 0.2) is 18.5 Å². The van der Waals surface area contributed by atoms with Crippen LogP contribution in [0.2, 0.25) is 0 Å². The number of aryl methyl sites for hydroxylation is 2. The normalized spacial score (nSPS) is 10.4. The highest BCUT2D eigenvalue weighted by Gasteiger charge is 2.10. The van der Waals surface area contributed by atoms with E-state index in [1.165, 1.54) is 0 Å². The molecule has 8 heteroatoms. The van der Waals surface area contributed by atoms with Gasteiger partial charge in [0.1, 0.15) is 12.1 Å². The number of nitrogens with zero attached hydrogens (tertiary/aromatic N) is 4. The van der Waals surface area contributed by atoms with E-state index in [1.807, 2.05) is 0 Å². The first kappa shape index (κ1) is 14.9. The third-order valence-corrected chi connectivity index (χ3v) is 2.85. The van der Waals surface area contributed by atoms with Gasteiger partial charge in [0.25, 0.3) is 5.91 Å². The molecule has 2 aromatic rings. The predicted octanol–water partition coefficient (Wildman–Crippen LogP) is 0.378. The summed E-state index contributed by atoms with van der Waals surface area (Å²) in [6.45, 7) is 2.33. The van der Waals surface area contributed by atoms with E-state index in [4.69, 9.17) is 5.84 Å². The maximum Gasteiger partial charge on any atom is 0.251 e. The van der Waals surface area contributed by atoms with Gasteiger partial charge in [-0.05, 0) is 18.6 Å². The topological polar surface area (TPSA) is 111 Å². The number of anilines is 1. The molecule has 112 valence electrons. The molecule has 0 unspecified atom stereocenters. The van der Waals surface area contributed by atoms with Crippen molar-refractivity contribution in [2.24, 2.45) is 12.9 Å². The van der Waals surface area contributed by atoms with Gasteiger partial charge in [0.05, 0.1) is 6.54 Å². The van der Waals surface area contributed by atoms with E-state index in [-0.39, 0.29) is 12.5 Å². The van der Waals surface area contributed by atoms with Gasteiger partial charge in [-0.1, -0.05) is 13.3 Å². The molecule has 4 N–H and O–H groups in total. The first-order valence-corrected chi connectivity index (χ1v) is 6.72. The van der Waals surface area contributed by atoms with Gasteiger partial charge in [0, 0.05) is 18.3 Å². The minimum atomic E-state index is -0.210. The molecule has 0 fully saturated rings. The number of hydrogen-bond donors (Lipinski definition) is 3. The van der Waals surface area contributed by atoms with Crippen LogP contribution in [0, 0.1) is 0 Å². The van der Waals surface area contributed by atoms with Crippen molar-refractivity contribution < 1.29 is 4.79 Å². The largest absolute Gasteiger partial charge is 0.345 e. The second kappa shape index (κ2) is 6.80. The van der Waals surface area contributed by atoms with Crippen LogP contribution in [0.5, 0.6) is 0 Å².